The Morgan fingerprint density at radius 1 is 1.18 bits per heavy atom. The first kappa shape index (κ1) is 10.3. The standard InChI is InChI=1S/C14H10O2S/c1-9(15)12-3-4-13(16-12)10-2-5-14-11(8-10)6-7-17-14/h2-8H,1H3. The molecule has 0 saturated carbocycles. The van der Waals surface area contributed by atoms with Crippen molar-refractivity contribution in [2.24, 2.45) is 0 Å². The van der Waals surface area contributed by atoms with Crippen molar-refractivity contribution in [3.8, 4) is 11.3 Å². The zero-order valence-corrected chi connectivity index (χ0v) is 10.1. The fraction of sp³-hybridized carbons (Fsp3) is 0.0714. The van der Waals surface area contributed by atoms with E-state index >= 15 is 0 Å². The molecular weight excluding hydrogens is 232 g/mol. The molecule has 17 heavy (non-hydrogen) atoms. The molecule has 0 amide bonds. The summed E-state index contributed by atoms with van der Waals surface area (Å²) >= 11 is 1.72. The predicted octanol–water partition coefficient (Wildman–Crippen LogP) is 4.36. The van der Waals surface area contributed by atoms with Crippen LogP contribution in [0.3, 0.4) is 0 Å². The van der Waals surface area contributed by atoms with Gasteiger partial charge in [0.05, 0.1) is 0 Å². The summed E-state index contributed by atoms with van der Waals surface area (Å²) in [6, 6.07) is 11.8. The Balaban J connectivity index is 2.09. The highest BCUT2D eigenvalue weighted by molar-refractivity contribution is 7.17. The van der Waals surface area contributed by atoms with Gasteiger partial charge < -0.3 is 4.42 Å². The maximum atomic E-state index is 11.2. The molecule has 3 rings (SSSR count). The van der Waals surface area contributed by atoms with Crippen LogP contribution in [0.15, 0.2) is 46.2 Å². The third-order valence-corrected chi connectivity index (χ3v) is 3.59. The van der Waals surface area contributed by atoms with Gasteiger partial charge in [0.25, 0.3) is 0 Å². The minimum atomic E-state index is -0.0483. The van der Waals surface area contributed by atoms with Crippen LogP contribution in [0.2, 0.25) is 0 Å². The summed E-state index contributed by atoms with van der Waals surface area (Å²) < 4.78 is 6.77. The van der Waals surface area contributed by atoms with Crippen molar-refractivity contribution in [1.82, 2.24) is 0 Å². The first-order chi connectivity index (χ1) is 8.24. The molecular formula is C14H10O2S. The minimum absolute atomic E-state index is 0.0483. The van der Waals surface area contributed by atoms with E-state index in [0.29, 0.717) is 5.76 Å². The fourth-order valence-electron chi connectivity index (χ4n) is 1.80. The zero-order valence-electron chi connectivity index (χ0n) is 9.27. The van der Waals surface area contributed by atoms with Gasteiger partial charge in [-0.05, 0) is 47.2 Å². The van der Waals surface area contributed by atoms with E-state index in [0.717, 1.165) is 11.3 Å². The van der Waals surface area contributed by atoms with Crippen molar-refractivity contribution in [2.75, 3.05) is 0 Å². The van der Waals surface area contributed by atoms with Crippen molar-refractivity contribution in [2.45, 2.75) is 6.92 Å². The summed E-state index contributed by atoms with van der Waals surface area (Å²) in [5.74, 6) is 1.10. The SMILES string of the molecule is CC(=O)c1ccc(-c2ccc3sccc3c2)o1. The summed E-state index contributed by atoms with van der Waals surface area (Å²) in [4.78, 5) is 11.2. The van der Waals surface area contributed by atoms with Gasteiger partial charge in [-0.3, -0.25) is 4.79 Å². The van der Waals surface area contributed by atoms with Crippen LogP contribution in [0.5, 0.6) is 0 Å². The van der Waals surface area contributed by atoms with E-state index in [1.165, 1.54) is 17.0 Å². The van der Waals surface area contributed by atoms with Crippen molar-refractivity contribution >= 4 is 27.2 Å². The van der Waals surface area contributed by atoms with E-state index in [9.17, 15) is 4.79 Å². The summed E-state index contributed by atoms with van der Waals surface area (Å²) in [6.45, 7) is 1.50. The Kier molecular flexibility index (Phi) is 2.34. The number of hydrogen-bond acceptors (Lipinski definition) is 3. The van der Waals surface area contributed by atoms with Gasteiger partial charge >= 0.3 is 0 Å². The first-order valence-electron chi connectivity index (χ1n) is 5.32. The van der Waals surface area contributed by atoms with Gasteiger partial charge in [0.15, 0.2) is 11.5 Å². The number of rotatable bonds is 2. The fourth-order valence-corrected chi connectivity index (χ4v) is 2.57. The van der Waals surface area contributed by atoms with Gasteiger partial charge in [0.1, 0.15) is 5.76 Å². The van der Waals surface area contributed by atoms with Gasteiger partial charge in [-0.2, -0.15) is 0 Å². The number of carbonyl (C=O) groups excluding carboxylic acids is 1. The van der Waals surface area contributed by atoms with Crippen LogP contribution in [0.1, 0.15) is 17.5 Å². The van der Waals surface area contributed by atoms with Crippen molar-refractivity contribution < 1.29 is 9.21 Å². The molecule has 0 fully saturated rings. The third kappa shape index (κ3) is 1.78. The molecule has 1 aromatic carbocycles. The molecule has 0 N–H and O–H groups in total. The summed E-state index contributed by atoms with van der Waals surface area (Å²) in [6.07, 6.45) is 0. The lowest BCUT2D eigenvalue weighted by Gasteiger charge is -1.97. The van der Waals surface area contributed by atoms with E-state index in [-0.39, 0.29) is 5.78 Å². The average molecular weight is 242 g/mol. The Morgan fingerprint density at radius 2 is 2.06 bits per heavy atom. The molecule has 0 radical (unpaired) electrons. The highest BCUT2D eigenvalue weighted by Gasteiger charge is 2.08. The molecule has 3 aromatic rings. The number of benzene rings is 1. The van der Waals surface area contributed by atoms with E-state index in [1.54, 1.807) is 17.4 Å². The molecule has 84 valence electrons. The van der Waals surface area contributed by atoms with Gasteiger partial charge in [0, 0.05) is 17.2 Å². The number of thiophene rings is 1. The van der Waals surface area contributed by atoms with Crippen molar-refractivity contribution in [1.29, 1.82) is 0 Å². The van der Waals surface area contributed by atoms with Crippen LogP contribution in [0.4, 0.5) is 0 Å². The molecule has 0 aliphatic carbocycles. The molecule has 0 bridgehead atoms. The van der Waals surface area contributed by atoms with Gasteiger partial charge in [-0.15, -0.1) is 11.3 Å². The van der Waals surface area contributed by atoms with E-state index in [2.05, 4.69) is 23.6 Å². The highest BCUT2D eigenvalue weighted by atomic mass is 32.1. The molecule has 2 heterocycles. The Hall–Kier alpha value is -1.87. The molecule has 0 spiro atoms. The van der Waals surface area contributed by atoms with Crippen LogP contribution >= 0.6 is 11.3 Å². The van der Waals surface area contributed by atoms with E-state index in [4.69, 9.17) is 4.42 Å². The molecule has 0 saturated heterocycles. The van der Waals surface area contributed by atoms with Crippen LogP contribution in [0.25, 0.3) is 21.4 Å². The van der Waals surface area contributed by atoms with Crippen LogP contribution in [-0.2, 0) is 0 Å². The second-order valence-corrected chi connectivity index (χ2v) is 4.84. The number of Topliss-reactive ketones (excluding diaryl/α,β-unsaturated/α-hetero) is 1. The monoisotopic (exact) mass is 242 g/mol. The lowest BCUT2D eigenvalue weighted by Crippen LogP contribution is -1.86. The maximum Gasteiger partial charge on any atom is 0.194 e. The minimum Gasteiger partial charge on any atom is -0.453 e. The first-order valence-corrected chi connectivity index (χ1v) is 6.20. The topological polar surface area (TPSA) is 30.2 Å². The smallest absolute Gasteiger partial charge is 0.194 e. The number of carbonyl (C=O) groups is 1. The number of fused-ring (bicyclic) bond motifs is 1. The van der Waals surface area contributed by atoms with E-state index < -0.39 is 0 Å². The predicted molar refractivity (Wildman–Crippen MR) is 69.5 cm³/mol. The van der Waals surface area contributed by atoms with Crippen LogP contribution < -0.4 is 0 Å². The van der Waals surface area contributed by atoms with Gasteiger partial charge in [-0.1, -0.05) is 0 Å². The van der Waals surface area contributed by atoms with Gasteiger partial charge in [-0.25, -0.2) is 0 Å². The Labute approximate surface area is 102 Å². The molecule has 0 unspecified atom stereocenters. The Bertz CT molecular complexity index is 691. The van der Waals surface area contributed by atoms with Crippen LogP contribution in [0, 0.1) is 0 Å². The second kappa shape index (κ2) is 3.86. The number of hydrogen-bond donors (Lipinski definition) is 0. The maximum absolute atomic E-state index is 11.2. The lowest BCUT2D eigenvalue weighted by atomic mass is 10.1. The van der Waals surface area contributed by atoms with Crippen molar-refractivity contribution in [3.05, 3.63) is 47.5 Å². The number of ketones is 1. The molecule has 0 aliphatic rings. The van der Waals surface area contributed by atoms with Gasteiger partial charge in [0.2, 0.25) is 0 Å². The lowest BCUT2D eigenvalue weighted by molar-refractivity contribution is 0.0988. The molecule has 0 aliphatic heterocycles. The third-order valence-electron chi connectivity index (χ3n) is 2.69. The molecule has 2 nitrogen and oxygen atoms in total. The largest absolute Gasteiger partial charge is 0.453 e. The summed E-state index contributed by atoms with van der Waals surface area (Å²) in [5, 5.41) is 3.27. The molecule has 0 atom stereocenters. The Morgan fingerprint density at radius 3 is 2.82 bits per heavy atom. The average Bonchev–Trinajstić information content (AvgIpc) is 2.97. The van der Waals surface area contributed by atoms with Crippen LogP contribution in [-0.4, -0.2) is 5.78 Å². The highest BCUT2D eigenvalue weighted by Crippen LogP contribution is 2.28. The molecule has 2 aromatic heterocycles. The number of furan rings is 1. The van der Waals surface area contributed by atoms with E-state index in [1.807, 2.05) is 12.1 Å². The van der Waals surface area contributed by atoms with Crippen molar-refractivity contribution in [3.63, 3.8) is 0 Å². The molecule has 3 heteroatoms. The zero-order chi connectivity index (χ0) is 11.8. The summed E-state index contributed by atoms with van der Waals surface area (Å²) in [5.41, 5.74) is 1.00. The normalized spacial score (nSPS) is 10.9. The second-order valence-electron chi connectivity index (χ2n) is 3.89. The summed E-state index contributed by atoms with van der Waals surface area (Å²) in [7, 11) is 0. The quantitative estimate of drug-likeness (QED) is 0.625.